The number of rotatable bonds is 7. The molecule has 1 fully saturated rings. The molecule has 3 N–H and O–H groups in total. The fraction of sp³-hybridized carbons (Fsp3) is 0.650. The lowest BCUT2D eigenvalue weighted by Gasteiger charge is -2.24. The maximum atomic E-state index is 6.16. The molecule has 0 radical (unpaired) electrons. The number of hydrogen-bond donors (Lipinski definition) is 2. The van der Waals surface area contributed by atoms with Crippen LogP contribution in [0.3, 0.4) is 0 Å². The summed E-state index contributed by atoms with van der Waals surface area (Å²) in [5.74, 6) is 2.00. The third kappa shape index (κ3) is 5.80. The molecule has 1 atom stereocenters. The molecule has 1 aromatic rings. The molecule has 1 aliphatic rings. The number of methoxy groups -OCH3 is 2. The summed E-state index contributed by atoms with van der Waals surface area (Å²) in [7, 11) is 7.39. The molecule has 26 heavy (non-hydrogen) atoms. The summed E-state index contributed by atoms with van der Waals surface area (Å²) < 4.78 is 10.8. The first-order chi connectivity index (χ1) is 12.5. The number of guanidine groups is 1. The van der Waals surface area contributed by atoms with Crippen molar-refractivity contribution in [3.8, 4) is 11.5 Å². The van der Waals surface area contributed by atoms with Crippen LogP contribution in [-0.4, -0.2) is 51.8 Å². The Morgan fingerprint density at radius 2 is 1.81 bits per heavy atom. The molecule has 2 rings (SSSR count). The second kappa shape index (κ2) is 10.3. The van der Waals surface area contributed by atoms with Crippen LogP contribution in [0.4, 0.5) is 0 Å². The number of aliphatic imine (C=N–C) groups is 1. The number of benzene rings is 1. The van der Waals surface area contributed by atoms with Gasteiger partial charge in [0.1, 0.15) is 0 Å². The quantitative estimate of drug-likeness (QED) is 0.443. The van der Waals surface area contributed by atoms with Gasteiger partial charge in [0, 0.05) is 6.04 Å². The molecule has 0 aromatic heterocycles. The number of hydrogen-bond acceptors (Lipinski definition) is 4. The molecule has 1 saturated carbocycles. The zero-order chi connectivity index (χ0) is 18.9. The van der Waals surface area contributed by atoms with E-state index >= 15 is 0 Å². The van der Waals surface area contributed by atoms with Crippen LogP contribution in [0.1, 0.15) is 50.1 Å². The average molecular weight is 363 g/mol. The second-order valence-corrected chi connectivity index (χ2v) is 7.15. The summed E-state index contributed by atoms with van der Waals surface area (Å²) in [4.78, 5) is 6.76. The van der Waals surface area contributed by atoms with Crippen LogP contribution in [0.25, 0.3) is 0 Å². The first-order valence-electron chi connectivity index (χ1n) is 9.50. The number of ether oxygens (including phenoxy) is 2. The van der Waals surface area contributed by atoms with E-state index in [1.165, 1.54) is 38.5 Å². The van der Waals surface area contributed by atoms with E-state index in [0.717, 1.165) is 17.1 Å². The van der Waals surface area contributed by atoms with Gasteiger partial charge in [-0.05, 0) is 44.6 Å². The topological polar surface area (TPSA) is 72.1 Å². The Balaban J connectivity index is 2.05. The fourth-order valence-corrected chi connectivity index (χ4v) is 3.49. The number of nitrogens with two attached hydrogens (primary N) is 1. The molecule has 1 unspecified atom stereocenters. The standard InChI is InChI=1S/C20H34N4O2/c1-24(2)17(15-11-12-18(25-3)19(13-15)26-4)14-22-20(21)23-16-9-7-5-6-8-10-16/h11-13,16-17H,5-10,14H2,1-4H3,(H3,21,22,23). The highest BCUT2D eigenvalue weighted by molar-refractivity contribution is 5.78. The first kappa shape index (κ1) is 20.4. The first-order valence-corrected chi connectivity index (χ1v) is 9.50. The predicted molar refractivity (Wildman–Crippen MR) is 107 cm³/mol. The van der Waals surface area contributed by atoms with E-state index in [2.05, 4.69) is 21.3 Å². The summed E-state index contributed by atoms with van der Waals surface area (Å²) >= 11 is 0. The Labute approximate surface area is 157 Å². The van der Waals surface area contributed by atoms with Crippen molar-refractivity contribution in [1.82, 2.24) is 10.2 Å². The zero-order valence-corrected chi connectivity index (χ0v) is 16.6. The van der Waals surface area contributed by atoms with E-state index in [1.807, 2.05) is 26.2 Å². The highest BCUT2D eigenvalue weighted by Gasteiger charge is 2.17. The molecule has 1 aliphatic carbocycles. The van der Waals surface area contributed by atoms with Crippen LogP contribution < -0.4 is 20.5 Å². The van der Waals surface area contributed by atoms with Gasteiger partial charge in [0.05, 0.1) is 26.8 Å². The van der Waals surface area contributed by atoms with Crippen LogP contribution >= 0.6 is 0 Å². The van der Waals surface area contributed by atoms with E-state index in [0.29, 0.717) is 18.5 Å². The SMILES string of the molecule is COc1ccc(C(CN=C(N)NC2CCCCCC2)N(C)C)cc1OC. The Morgan fingerprint density at radius 3 is 2.38 bits per heavy atom. The van der Waals surface area contributed by atoms with Gasteiger partial charge < -0.3 is 25.4 Å². The van der Waals surface area contributed by atoms with Crippen LogP contribution in [-0.2, 0) is 0 Å². The maximum Gasteiger partial charge on any atom is 0.188 e. The van der Waals surface area contributed by atoms with Crippen molar-refractivity contribution in [2.45, 2.75) is 50.6 Å². The number of nitrogens with zero attached hydrogens (tertiary/aromatic N) is 2. The van der Waals surface area contributed by atoms with Crippen molar-refractivity contribution in [2.75, 3.05) is 34.9 Å². The lowest BCUT2D eigenvalue weighted by molar-refractivity contribution is 0.303. The summed E-state index contributed by atoms with van der Waals surface area (Å²) in [5.41, 5.74) is 7.28. The second-order valence-electron chi connectivity index (χ2n) is 7.15. The number of nitrogens with one attached hydrogen (secondary N) is 1. The Bertz CT molecular complexity index is 581. The summed E-state index contributed by atoms with van der Waals surface area (Å²) in [5, 5.41) is 3.41. The molecule has 0 heterocycles. The molecule has 0 saturated heterocycles. The zero-order valence-electron chi connectivity index (χ0n) is 16.6. The van der Waals surface area contributed by atoms with Crippen molar-refractivity contribution in [2.24, 2.45) is 10.7 Å². The Kier molecular flexibility index (Phi) is 8.04. The summed E-state index contributed by atoms with van der Waals surface area (Å²) in [6.45, 7) is 0.591. The number of likely N-dealkylation sites (N-methyl/N-ethyl adjacent to an activating group) is 1. The summed E-state index contributed by atoms with van der Waals surface area (Å²) in [6.07, 6.45) is 7.58. The van der Waals surface area contributed by atoms with Gasteiger partial charge in [0.25, 0.3) is 0 Å². The van der Waals surface area contributed by atoms with Crippen LogP contribution in [0.2, 0.25) is 0 Å². The van der Waals surface area contributed by atoms with Crippen LogP contribution in [0, 0.1) is 0 Å². The van der Waals surface area contributed by atoms with Gasteiger partial charge in [-0.1, -0.05) is 31.7 Å². The van der Waals surface area contributed by atoms with Crippen LogP contribution in [0.15, 0.2) is 23.2 Å². The predicted octanol–water partition coefficient (Wildman–Crippen LogP) is 2.93. The molecule has 6 nitrogen and oxygen atoms in total. The maximum absolute atomic E-state index is 6.16. The highest BCUT2D eigenvalue weighted by atomic mass is 16.5. The molecular weight excluding hydrogens is 328 g/mol. The molecule has 0 bridgehead atoms. The van der Waals surface area contributed by atoms with Crippen molar-refractivity contribution >= 4 is 5.96 Å². The van der Waals surface area contributed by atoms with Gasteiger partial charge in [0.2, 0.25) is 0 Å². The third-order valence-corrected chi connectivity index (χ3v) is 5.06. The molecular formula is C20H34N4O2. The van der Waals surface area contributed by atoms with E-state index in [1.54, 1.807) is 14.2 Å². The van der Waals surface area contributed by atoms with Gasteiger partial charge in [-0.3, -0.25) is 4.99 Å². The molecule has 1 aromatic carbocycles. The van der Waals surface area contributed by atoms with Crippen molar-refractivity contribution in [3.05, 3.63) is 23.8 Å². The molecule has 0 amide bonds. The van der Waals surface area contributed by atoms with Gasteiger partial charge in [-0.2, -0.15) is 0 Å². The molecule has 0 aliphatic heterocycles. The van der Waals surface area contributed by atoms with Gasteiger partial charge in [0.15, 0.2) is 17.5 Å². The van der Waals surface area contributed by atoms with Gasteiger partial charge in [-0.15, -0.1) is 0 Å². The van der Waals surface area contributed by atoms with Crippen molar-refractivity contribution in [3.63, 3.8) is 0 Å². The largest absolute Gasteiger partial charge is 0.493 e. The van der Waals surface area contributed by atoms with Crippen molar-refractivity contribution < 1.29 is 9.47 Å². The third-order valence-electron chi connectivity index (χ3n) is 5.06. The summed E-state index contributed by atoms with van der Waals surface area (Å²) in [6, 6.07) is 6.57. The van der Waals surface area contributed by atoms with E-state index in [-0.39, 0.29) is 6.04 Å². The molecule has 6 heteroatoms. The smallest absolute Gasteiger partial charge is 0.188 e. The average Bonchev–Trinajstić information content (AvgIpc) is 2.90. The van der Waals surface area contributed by atoms with E-state index < -0.39 is 0 Å². The van der Waals surface area contributed by atoms with Crippen molar-refractivity contribution in [1.29, 1.82) is 0 Å². The Morgan fingerprint density at radius 1 is 1.15 bits per heavy atom. The highest BCUT2D eigenvalue weighted by Crippen LogP contribution is 2.31. The van der Waals surface area contributed by atoms with E-state index in [9.17, 15) is 0 Å². The van der Waals surface area contributed by atoms with Gasteiger partial charge in [-0.25, -0.2) is 0 Å². The minimum Gasteiger partial charge on any atom is -0.493 e. The minimum absolute atomic E-state index is 0.115. The van der Waals surface area contributed by atoms with E-state index in [4.69, 9.17) is 15.2 Å². The lowest BCUT2D eigenvalue weighted by atomic mass is 10.1. The lowest BCUT2D eigenvalue weighted by Crippen LogP contribution is -2.40. The monoisotopic (exact) mass is 362 g/mol. The Hall–Kier alpha value is -1.95. The minimum atomic E-state index is 0.115. The molecule has 146 valence electrons. The van der Waals surface area contributed by atoms with Gasteiger partial charge >= 0.3 is 0 Å². The normalized spacial score (nSPS) is 17.7. The molecule has 0 spiro atoms. The fourth-order valence-electron chi connectivity index (χ4n) is 3.49. The van der Waals surface area contributed by atoms with Crippen LogP contribution in [0.5, 0.6) is 11.5 Å².